The summed E-state index contributed by atoms with van der Waals surface area (Å²) >= 11 is 0. The summed E-state index contributed by atoms with van der Waals surface area (Å²) < 4.78 is 0. The van der Waals surface area contributed by atoms with Gasteiger partial charge in [0.05, 0.1) is 0 Å². The van der Waals surface area contributed by atoms with E-state index in [1.165, 1.54) is 64.7 Å². The summed E-state index contributed by atoms with van der Waals surface area (Å²) in [4.78, 5) is 2.64. The first-order valence-electron chi connectivity index (χ1n) is 8.67. The molecule has 0 radical (unpaired) electrons. The van der Waals surface area contributed by atoms with E-state index in [2.05, 4.69) is 44.8 Å². The molecule has 0 saturated heterocycles. The van der Waals surface area contributed by atoms with Gasteiger partial charge in [0.15, 0.2) is 0 Å². The average molecular weight is 271 g/mol. The van der Waals surface area contributed by atoms with Crippen molar-refractivity contribution in [2.45, 2.75) is 79.2 Å². The first-order chi connectivity index (χ1) is 9.21. The van der Waals surface area contributed by atoms with Gasteiger partial charge in [-0.15, -0.1) is 0 Å². The highest BCUT2D eigenvalue weighted by Gasteiger charge is 2.11. The van der Waals surface area contributed by atoms with E-state index < -0.39 is 0 Å². The van der Waals surface area contributed by atoms with Crippen molar-refractivity contribution in [3.05, 3.63) is 0 Å². The lowest BCUT2D eigenvalue weighted by Crippen LogP contribution is -2.33. The van der Waals surface area contributed by atoms with Crippen LogP contribution in [0.25, 0.3) is 0 Å². The van der Waals surface area contributed by atoms with Crippen LogP contribution in [0.4, 0.5) is 0 Å². The quantitative estimate of drug-likeness (QED) is 0.537. The highest BCUT2D eigenvalue weighted by molar-refractivity contribution is 4.68. The molecule has 19 heavy (non-hydrogen) atoms. The van der Waals surface area contributed by atoms with Crippen molar-refractivity contribution in [2.75, 3.05) is 26.2 Å². The molecule has 0 rings (SSSR count). The van der Waals surface area contributed by atoms with Crippen LogP contribution in [0.3, 0.4) is 0 Å². The van der Waals surface area contributed by atoms with E-state index in [1.54, 1.807) is 0 Å². The topological polar surface area (TPSA) is 15.3 Å². The van der Waals surface area contributed by atoms with Crippen LogP contribution >= 0.6 is 0 Å². The second-order valence-electron chi connectivity index (χ2n) is 5.78. The van der Waals surface area contributed by atoms with Gasteiger partial charge in [-0.1, -0.05) is 47.5 Å². The summed E-state index contributed by atoms with van der Waals surface area (Å²) in [6.07, 6.45) is 7.81. The summed E-state index contributed by atoms with van der Waals surface area (Å²) in [7, 11) is 0. The molecule has 0 aliphatic rings. The standard InChI is InChI=1S/C17H38N2/c1-6-13-18-17(9-4)12-11-14-19(10-5)15-16(7-2)8-3/h16-18H,6-15H2,1-5H3. The Labute approximate surface area is 122 Å². The van der Waals surface area contributed by atoms with Crippen LogP contribution in [0.5, 0.6) is 0 Å². The Hall–Kier alpha value is -0.0800. The molecule has 0 aliphatic carbocycles. The predicted octanol–water partition coefficient (Wildman–Crippen LogP) is 4.30. The minimum absolute atomic E-state index is 0.729. The Morgan fingerprint density at radius 2 is 1.63 bits per heavy atom. The highest BCUT2D eigenvalue weighted by atomic mass is 15.1. The molecule has 2 nitrogen and oxygen atoms in total. The number of hydrogen-bond acceptors (Lipinski definition) is 2. The molecule has 0 heterocycles. The van der Waals surface area contributed by atoms with Gasteiger partial charge in [0.1, 0.15) is 0 Å². The van der Waals surface area contributed by atoms with E-state index in [-0.39, 0.29) is 0 Å². The van der Waals surface area contributed by atoms with Crippen LogP contribution in [0.15, 0.2) is 0 Å². The largest absolute Gasteiger partial charge is 0.314 e. The smallest absolute Gasteiger partial charge is 0.00649 e. The normalized spacial score (nSPS) is 13.4. The maximum absolute atomic E-state index is 3.66. The molecule has 0 bridgehead atoms. The molecule has 0 aromatic rings. The van der Waals surface area contributed by atoms with Crippen molar-refractivity contribution in [3.8, 4) is 0 Å². The molecule has 0 aliphatic heterocycles. The van der Waals surface area contributed by atoms with Crippen molar-refractivity contribution in [1.29, 1.82) is 0 Å². The van der Waals surface area contributed by atoms with E-state index >= 15 is 0 Å². The zero-order valence-corrected chi connectivity index (χ0v) is 14.2. The average Bonchev–Trinajstić information content (AvgIpc) is 2.46. The molecule has 0 aromatic carbocycles. The fourth-order valence-corrected chi connectivity index (χ4v) is 2.65. The van der Waals surface area contributed by atoms with Gasteiger partial charge in [0, 0.05) is 12.6 Å². The molecule has 0 saturated carbocycles. The second kappa shape index (κ2) is 12.9. The number of hydrogen-bond donors (Lipinski definition) is 1. The van der Waals surface area contributed by atoms with Crippen molar-refractivity contribution in [2.24, 2.45) is 5.92 Å². The van der Waals surface area contributed by atoms with Gasteiger partial charge in [-0.3, -0.25) is 0 Å². The second-order valence-corrected chi connectivity index (χ2v) is 5.78. The minimum atomic E-state index is 0.729. The third-order valence-electron chi connectivity index (χ3n) is 4.32. The molecular weight excluding hydrogens is 232 g/mol. The summed E-state index contributed by atoms with van der Waals surface area (Å²) in [5, 5.41) is 3.66. The molecule has 0 fully saturated rings. The zero-order chi connectivity index (χ0) is 14.5. The van der Waals surface area contributed by atoms with E-state index in [0.29, 0.717) is 0 Å². The molecule has 116 valence electrons. The van der Waals surface area contributed by atoms with Gasteiger partial charge in [0.25, 0.3) is 0 Å². The summed E-state index contributed by atoms with van der Waals surface area (Å²) in [5.74, 6) is 0.889. The first kappa shape index (κ1) is 18.9. The Bertz CT molecular complexity index is 178. The Kier molecular flexibility index (Phi) is 12.9. The van der Waals surface area contributed by atoms with Crippen LogP contribution in [0, 0.1) is 5.92 Å². The van der Waals surface area contributed by atoms with Crippen LogP contribution in [-0.2, 0) is 0 Å². The van der Waals surface area contributed by atoms with Crippen LogP contribution in [0.1, 0.15) is 73.1 Å². The minimum Gasteiger partial charge on any atom is -0.314 e. The Balaban J connectivity index is 3.86. The molecular formula is C17H38N2. The van der Waals surface area contributed by atoms with Crippen LogP contribution < -0.4 is 5.32 Å². The van der Waals surface area contributed by atoms with E-state index in [0.717, 1.165) is 12.0 Å². The number of rotatable bonds is 13. The molecule has 1 atom stereocenters. The third kappa shape index (κ3) is 9.45. The third-order valence-corrected chi connectivity index (χ3v) is 4.32. The van der Waals surface area contributed by atoms with E-state index in [4.69, 9.17) is 0 Å². The maximum Gasteiger partial charge on any atom is 0.00649 e. The van der Waals surface area contributed by atoms with Crippen molar-refractivity contribution >= 4 is 0 Å². The van der Waals surface area contributed by atoms with Gasteiger partial charge in [0.2, 0.25) is 0 Å². The highest BCUT2D eigenvalue weighted by Crippen LogP contribution is 2.11. The lowest BCUT2D eigenvalue weighted by Gasteiger charge is -2.26. The van der Waals surface area contributed by atoms with Gasteiger partial charge in [-0.05, 0) is 51.2 Å². The van der Waals surface area contributed by atoms with Crippen molar-refractivity contribution in [3.63, 3.8) is 0 Å². The molecule has 2 heteroatoms. The van der Waals surface area contributed by atoms with Crippen molar-refractivity contribution < 1.29 is 0 Å². The fraction of sp³-hybridized carbons (Fsp3) is 1.00. The van der Waals surface area contributed by atoms with Crippen LogP contribution in [0.2, 0.25) is 0 Å². The van der Waals surface area contributed by atoms with Crippen molar-refractivity contribution in [1.82, 2.24) is 10.2 Å². The fourth-order valence-electron chi connectivity index (χ4n) is 2.65. The van der Waals surface area contributed by atoms with Gasteiger partial charge in [-0.25, -0.2) is 0 Å². The summed E-state index contributed by atoms with van der Waals surface area (Å²) in [6.45, 7) is 16.4. The molecule has 1 unspecified atom stereocenters. The monoisotopic (exact) mass is 270 g/mol. The Morgan fingerprint density at radius 3 is 2.11 bits per heavy atom. The lowest BCUT2D eigenvalue weighted by molar-refractivity contribution is 0.226. The lowest BCUT2D eigenvalue weighted by atomic mass is 10.0. The number of nitrogens with zero attached hydrogens (tertiary/aromatic N) is 1. The molecule has 0 spiro atoms. The predicted molar refractivity (Wildman–Crippen MR) is 87.8 cm³/mol. The summed E-state index contributed by atoms with van der Waals surface area (Å²) in [5.41, 5.74) is 0. The Morgan fingerprint density at radius 1 is 0.947 bits per heavy atom. The maximum atomic E-state index is 3.66. The van der Waals surface area contributed by atoms with E-state index in [1.807, 2.05) is 0 Å². The molecule has 0 amide bonds. The van der Waals surface area contributed by atoms with E-state index in [9.17, 15) is 0 Å². The van der Waals surface area contributed by atoms with Gasteiger partial charge >= 0.3 is 0 Å². The molecule has 1 N–H and O–H groups in total. The van der Waals surface area contributed by atoms with Crippen LogP contribution in [-0.4, -0.2) is 37.1 Å². The van der Waals surface area contributed by atoms with Gasteiger partial charge in [-0.2, -0.15) is 0 Å². The molecule has 0 aromatic heterocycles. The van der Waals surface area contributed by atoms with Gasteiger partial charge < -0.3 is 10.2 Å². The summed E-state index contributed by atoms with van der Waals surface area (Å²) in [6, 6.07) is 0.729. The zero-order valence-electron chi connectivity index (χ0n) is 14.2. The SMILES string of the molecule is CCCNC(CC)CCCN(CC)CC(CC)CC. The number of nitrogens with one attached hydrogen (secondary N) is 1. The first-order valence-corrected chi connectivity index (χ1v) is 8.67.